The molecule has 5 nitrogen and oxygen atoms in total. The lowest BCUT2D eigenvalue weighted by molar-refractivity contribution is -0.136. The van der Waals surface area contributed by atoms with Crippen LogP contribution in [0.3, 0.4) is 0 Å². The smallest absolute Gasteiger partial charge is 0.303 e. The van der Waals surface area contributed by atoms with Crippen molar-refractivity contribution in [1.82, 2.24) is 4.98 Å². The van der Waals surface area contributed by atoms with Gasteiger partial charge in [-0.3, -0.25) is 4.79 Å². The van der Waals surface area contributed by atoms with E-state index in [4.69, 9.17) is 15.6 Å². The lowest BCUT2D eigenvalue weighted by Gasteiger charge is -2.30. The highest BCUT2D eigenvalue weighted by Crippen LogP contribution is 2.37. The fraction of sp³-hybridized carbons (Fsp3) is 0.364. The maximum absolute atomic E-state index is 10.7. The van der Waals surface area contributed by atoms with E-state index in [0.29, 0.717) is 17.5 Å². The van der Waals surface area contributed by atoms with Crippen LogP contribution in [0.2, 0.25) is 0 Å². The number of aromatic nitrogens is 1. The second-order valence-electron chi connectivity index (χ2n) is 7.42. The first-order chi connectivity index (χ1) is 13.6. The molecule has 146 valence electrons. The van der Waals surface area contributed by atoms with Gasteiger partial charge in [-0.1, -0.05) is 29.5 Å². The third kappa shape index (κ3) is 4.44. The molecule has 2 atom stereocenters. The molecule has 1 aromatic heterocycles. The van der Waals surface area contributed by atoms with Crippen LogP contribution in [0.5, 0.6) is 5.75 Å². The van der Waals surface area contributed by atoms with Crippen LogP contribution in [0, 0.1) is 0 Å². The third-order valence-electron chi connectivity index (χ3n) is 5.38. The zero-order chi connectivity index (χ0) is 19.5. The van der Waals surface area contributed by atoms with Crippen molar-refractivity contribution < 1.29 is 14.6 Å². The molecule has 3 aromatic rings. The number of carbonyl (C=O) groups is 1. The topological polar surface area (TPSA) is 85.4 Å². The number of thiazole rings is 1. The van der Waals surface area contributed by atoms with E-state index in [9.17, 15) is 4.79 Å². The average Bonchev–Trinajstić information content (AvgIpc) is 3.07. The summed E-state index contributed by atoms with van der Waals surface area (Å²) in [6.45, 7) is 0. The third-order valence-corrected chi connectivity index (χ3v) is 6.23. The standard InChI is InChI=1S/C22H24N2O3S/c23-22-24-19-10-7-16(13-20(19)28-22)15-2-1-3-18(12-15)27-17-8-4-14(5-9-17)6-11-21(25)26/h4-5,7-10,13,15,18H,1-3,6,11-12H2,(H2,23,24)(H,25,26). The molecule has 1 aliphatic carbocycles. The van der Waals surface area contributed by atoms with Gasteiger partial charge in [0.15, 0.2) is 5.13 Å². The normalized spacial score (nSPS) is 19.6. The number of anilines is 1. The second kappa shape index (κ2) is 8.19. The van der Waals surface area contributed by atoms with E-state index in [0.717, 1.165) is 40.8 Å². The van der Waals surface area contributed by atoms with Gasteiger partial charge in [0, 0.05) is 6.42 Å². The van der Waals surface area contributed by atoms with Crippen molar-refractivity contribution in [1.29, 1.82) is 0 Å². The van der Waals surface area contributed by atoms with Crippen LogP contribution < -0.4 is 10.5 Å². The van der Waals surface area contributed by atoms with Crippen LogP contribution in [0.4, 0.5) is 5.13 Å². The van der Waals surface area contributed by atoms with Gasteiger partial charge in [0.25, 0.3) is 0 Å². The summed E-state index contributed by atoms with van der Waals surface area (Å²) in [6, 6.07) is 14.3. The first-order valence-corrected chi connectivity index (χ1v) is 10.5. The SMILES string of the molecule is Nc1nc2ccc(C3CCCC(Oc4ccc(CCC(=O)O)cc4)C3)cc2s1. The number of hydrogen-bond donors (Lipinski definition) is 2. The monoisotopic (exact) mass is 396 g/mol. The average molecular weight is 397 g/mol. The summed E-state index contributed by atoms with van der Waals surface area (Å²) >= 11 is 1.54. The van der Waals surface area contributed by atoms with Gasteiger partial charge >= 0.3 is 5.97 Å². The quantitative estimate of drug-likeness (QED) is 0.612. The Hall–Kier alpha value is -2.60. The van der Waals surface area contributed by atoms with Gasteiger partial charge in [-0.2, -0.15) is 0 Å². The van der Waals surface area contributed by atoms with Gasteiger partial charge in [0.1, 0.15) is 5.75 Å². The highest BCUT2D eigenvalue weighted by atomic mass is 32.1. The Labute approximate surface area is 168 Å². The number of nitrogens with two attached hydrogens (primary N) is 1. The molecule has 0 aliphatic heterocycles. The van der Waals surface area contributed by atoms with E-state index < -0.39 is 5.97 Å². The lowest BCUT2D eigenvalue weighted by Crippen LogP contribution is -2.24. The fourth-order valence-corrected chi connectivity index (χ4v) is 4.73. The van der Waals surface area contributed by atoms with Gasteiger partial charge < -0.3 is 15.6 Å². The Kier molecular flexibility index (Phi) is 5.48. The summed E-state index contributed by atoms with van der Waals surface area (Å²) in [5, 5.41) is 9.41. The Bertz CT molecular complexity index is 968. The molecule has 4 rings (SSSR count). The number of carboxylic acid groups (broad SMARTS) is 1. The highest BCUT2D eigenvalue weighted by Gasteiger charge is 2.25. The van der Waals surface area contributed by atoms with Gasteiger partial charge in [-0.25, -0.2) is 4.98 Å². The lowest BCUT2D eigenvalue weighted by atomic mass is 9.82. The van der Waals surface area contributed by atoms with Crippen molar-refractivity contribution in [2.75, 3.05) is 5.73 Å². The molecule has 0 amide bonds. The van der Waals surface area contributed by atoms with Crippen molar-refractivity contribution >= 4 is 32.7 Å². The summed E-state index contributed by atoms with van der Waals surface area (Å²) in [6.07, 6.45) is 5.29. The molecule has 1 heterocycles. The van der Waals surface area contributed by atoms with Crippen molar-refractivity contribution in [3.8, 4) is 5.75 Å². The Morgan fingerprint density at radius 1 is 1.21 bits per heavy atom. The summed E-state index contributed by atoms with van der Waals surface area (Å²) in [7, 11) is 0. The summed E-state index contributed by atoms with van der Waals surface area (Å²) in [5.74, 6) is 0.574. The van der Waals surface area contributed by atoms with Gasteiger partial charge in [-0.15, -0.1) is 0 Å². The summed E-state index contributed by atoms with van der Waals surface area (Å²) in [4.78, 5) is 15.0. The van der Waals surface area contributed by atoms with Crippen molar-refractivity contribution in [3.05, 3.63) is 53.6 Å². The molecule has 2 aromatic carbocycles. The minimum atomic E-state index is -0.771. The minimum absolute atomic E-state index is 0.153. The van der Waals surface area contributed by atoms with Crippen LogP contribution >= 0.6 is 11.3 Å². The molecule has 0 radical (unpaired) electrons. The highest BCUT2D eigenvalue weighted by molar-refractivity contribution is 7.22. The fourth-order valence-electron chi connectivity index (χ4n) is 3.95. The van der Waals surface area contributed by atoms with E-state index in [-0.39, 0.29) is 12.5 Å². The maximum atomic E-state index is 10.7. The Balaban J connectivity index is 1.39. The number of fused-ring (bicyclic) bond motifs is 1. The molecule has 2 unspecified atom stereocenters. The molecule has 1 saturated carbocycles. The molecular weight excluding hydrogens is 372 g/mol. The summed E-state index contributed by atoms with van der Waals surface area (Å²) < 4.78 is 7.38. The molecule has 0 bridgehead atoms. The number of nitrogen functional groups attached to an aromatic ring is 1. The number of benzene rings is 2. The first kappa shape index (κ1) is 18.7. The van der Waals surface area contributed by atoms with E-state index in [1.165, 1.54) is 23.3 Å². The molecule has 0 saturated heterocycles. The van der Waals surface area contributed by atoms with Crippen molar-refractivity contribution in [2.24, 2.45) is 0 Å². The predicted octanol–water partition coefficient (Wildman–Crippen LogP) is 5.00. The van der Waals surface area contributed by atoms with Crippen LogP contribution in [-0.4, -0.2) is 22.2 Å². The molecule has 3 N–H and O–H groups in total. The first-order valence-electron chi connectivity index (χ1n) is 9.70. The number of aryl methyl sites for hydroxylation is 1. The van der Waals surface area contributed by atoms with E-state index in [2.05, 4.69) is 23.2 Å². The van der Waals surface area contributed by atoms with Crippen LogP contribution in [0.1, 0.15) is 49.1 Å². The van der Waals surface area contributed by atoms with E-state index in [1.807, 2.05) is 24.3 Å². The number of aliphatic carboxylic acids is 1. The second-order valence-corrected chi connectivity index (χ2v) is 8.48. The van der Waals surface area contributed by atoms with Gasteiger partial charge in [0.05, 0.1) is 16.3 Å². The van der Waals surface area contributed by atoms with Crippen molar-refractivity contribution in [3.63, 3.8) is 0 Å². The van der Waals surface area contributed by atoms with Gasteiger partial charge in [0.2, 0.25) is 0 Å². The van der Waals surface area contributed by atoms with Crippen LogP contribution in [-0.2, 0) is 11.2 Å². The molecule has 1 fully saturated rings. The molecular formula is C22H24N2O3S. The number of carboxylic acids is 1. The zero-order valence-corrected chi connectivity index (χ0v) is 16.5. The number of hydrogen-bond acceptors (Lipinski definition) is 5. The molecule has 6 heteroatoms. The number of rotatable bonds is 6. The van der Waals surface area contributed by atoms with Gasteiger partial charge in [-0.05, 0) is 73.4 Å². The minimum Gasteiger partial charge on any atom is -0.490 e. The maximum Gasteiger partial charge on any atom is 0.303 e. The van der Waals surface area contributed by atoms with Crippen LogP contribution in [0.15, 0.2) is 42.5 Å². The zero-order valence-electron chi connectivity index (χ0n) is 15.6. The van der Waals surface area contributed by atoms with E-state index >= 15 is 0 Å². The Morgan fingerprint density at radius 2 is 2.04 bits per heavy atom. The van der Waals surface area contributed by atoms with Crippen LogP contribution in [0.25, 0.3) is 10.2 Å². The van der Waals surface area contributed by atoms with E-state index in [1.54, 1.807) is 0 Å². The Morgan fingerprint density at radius 3 is 2.82 bits per heavy atom. The number of ether oxygens (including phenoxy) is 1. The van der Waals surface area contributed by atoms with Crippen molar-refractivity contribution in [2.45, 2.75) is 50.5 Å². The largest absolute Gasteiger partial charge is 0.490 e. The molecule has 28 heavy (non-hydrogen) atoms. The number of nitrogens with zero attached hydrogens (tertiary/aromatic N) is 1. The predicted molar refractivity (Wildman–Crippen MR) is 112 cm³/mol. The molecule has 1 aliphatic rings. The summed E-state index contributed by atoms with van der Waals surface area (Å²) in [5.41, 5.74) is 9.16. The molecule has 0 spiro atoms.